The topological polar surface area (TPSA) is 78.4 Å². The van der Waals surface area contributed by atoms with Crippen molar-refractivity contribution in [2.75, 3.05) is 14.1 Å². The summed E-state index contributed by atoms with van der Waals surface area (Å²) in [5, 5.41) is 5.13. The van der Waals surface area contributed by atoms with Crippen LogP contribution in [0.5, 0.6) is 0 Å². The predicted molar refractivity (Wildman–Crippen MR) is 54.6 cm³/mol. The van der Waals surface area contributed by atoms with Gasteiger partial charge in [-0.1, -0.05) is 0 Å². The lowest BCUT2D eigenvalue weighted by Gasteiger charge is -2.26. The van der Waals surface area contributed by atoms with Gasteiger partial charge in [0.1, 0.15) is 5.25 Å². The Labute approximate surface area is 84.3 Å². The van der Waals surface area contributed by atoms with E-state index in [0.717, 1.165) is 12.1 Å². The average Bonchev–Trinajstić information content (AvgIpc) is 2.15. The molecule has 0 spiro atoms. The van der Waals surface area contributed by atoms with Crippen LogP contribution >= 0.6 is 0 Å². The van der Waals surface area contributed by atoms with Gasteiger partial charge in [0.2, 0.25) is 0 Å². The van der Waals surface area contributed by atoms with Gasteiger partial charge in [-0.25, -0.2) is 0 Å². The summed E-state index contributed by atoms with van der Waals surface area (Å²) < 4.78 is 30.9. The van der Waals surface area contributed by atoms with E-state index < -0.39 is 15.4 Å². The Morgan fingerprint density at radius 3 is 2.57 bits per heavy atom. The molecule has 0 fully saturated rings. The van der Waals surface area contributed by atoms with Crippen molar-refractivity contribution in [2.45, 2.75) is 24.1 Å². The van der Waals surface area contributed by atoms with E-state index in [4.69, 9.17) is 4.55 Å². The molecule has 0 aromatic rings. The standard InChI is InChI=1S/C8H16N2O3S/c1-9-6-3-7(10-2)5-8(4-6)14(11,12)13/h4,7-10H,3,5H2,1-2H3,(H,11,12,13). The highest BCUT2D eigenvalue weighted by atomic mass is 32.2. The van der Waals surface area contributed by atoms with Crippen LogP contribution in [0, 0.1) is 0 Å². The molecule has 2 unspecified atom stereocenters. The van der Waals surface area contributed by atoms with Crippen molar-refractivity contribution < 1.29 is 13.0 Å². The number of hydrogen-bond acceptors (Lipinski definition) is 4. The fraction of sp³-hybridized carbons (Fsp3) is 0.750. The average molecular weight is 220 g/mol. The van der Waals surface area contributed by atoms with Crippen LogP contribution in [0.3, 0.4) is 0 Å². The molecule has 0 aliphatic heterocycles. The van der Waals surface area contributed by atoms with Crippen molar-refractivity contribution in [3.05, 3.63) is 11.8 Å². The molecule has 2 atom stereocenters. The normalized spacial score (nSPS) is 28.4. The van der Waals surface area contributed by atoms with E-state index in [1.54, 1.807) is 20.2 Å². The first-order chi connectivity index (χ1) is 6.47. The second-order valence-corrected chi connectivity index (χ2v) is 5.06. The van der Waals surface area contributed by atoms with E-state index in [2.05, 4.69) is 10.6 Å². The zero-order chi connectivity index (χ0) is 10.8. The first kappa shape index (κ1) is 11.5. The number of rotatable bonds is 3. The van der Waals surface area contributed by atoms with Crippen molar-refractivity contribution >= 4 is 10.1 Å². The molecule has 5 nitrogen and oxygen atoms in total. The van der Waals surface area contributed by atoms with E-state index in [-0.39, 0.29) is 6.04 Å². The summed E-state index contributed by atoms with van der Waals surface area (Å²) in [5.41, 5.74) is 0.846. The molecule has 0 heterocycles. The summed E-state index contributed by atoms with van der Waals surface area (Å²) in [4.78, 5) is 0. The molecule has 14 heavy (non-hydrogen) atoms. The predicted octanol–water partition coefficient (Wildman–Crippen LogP) is -0.272. The largest absolute Gasteiger partial charge is 0.392 e. The molecule has 3 N–H and O–H groups in total. The summed E-state index contributed by atoms with van der Waals surface area (Å²) in [7, 11) is -0.445. The third-order valence-corrected chi connectivity index (χ3v) is 3.58. The lowest BCUT2D eigenvalue weighted by molar-refractivity contribution is 0.439. The molecule has 82 valence electrons. The van der Waals surface area contributed by atoms with Crippen LogP contribution in [0.2, 0.25) is 0 Å². The minimum absolute atomic E-state index is 0.0920. The Balaban J connectivity index is 2.88. The molecule has 0 bridgehead atoms. The highest BCUT2D eigenvalue weighted by Gasteiger charge is 2.29. The van der Waals surface area contributed by atoms with E-state index in [0.29, 0.717) is 6.42 Å². The Kier molecular flexibility index (Phi) is 3.52. The zero-order valence-electron chi connectivity index (χ0n) is 8.32. The Bertz CT molecular complexity index is 323. The Morgan fingerprint density at radius 2 is 2.14 bits per heavy atom. The molecule has 0 aromatic heterocycles. The van der Waals surface area contributed by atoms with Gasteiger partial charge in [-0.2, -0.15) is 8.42 Å². The fourth-order valence-corrected chi connectivity index (χ4v) is 2.41. The lowest BCUT2D eigenvalue weighted by atomic mass is 9.99. The van der Waals surface area contributed by atoms with Crippen LogP contribution in [0.4, 0.5) is 0 Å². The fourth-order valence-electron chi connectivity index (χ4n) is 1.60. The van der Waals surface area contributed by atoms with Crippen molar-refractivity contribution in [1.82, 2.24) is 10.6 Å². The van der Waals surface area contributed by atoms with Crippen LogP contribution in [0.25, 0.3) is 0 Å². The van der Waals surface area contributed by atoms with E-state index >= 15 is 0 Å². The number of nitrogens with one attached hydrogen (secondary N) is 2. The van der Waals surface area contributed by atoms with Crippen molar-refractivity contribution in [3.8, 4) is 0 Å². The SMILES string of the molecule is CNC1=CC(S(=O)(=O)O)CC(NC)C1. The molecule has 0 radical (unpaired) electrons. The third-order valence-electron chi connectivity index (χ3n) is 2.48. The quantitative estimate of drug-likeness (QED) is 0.571. The summed E-state index contributed by atoms with van der Waals surface area (Å²) >= 11 is 0. The van der Waals surface area contributed by atoms with Crippen LogP contribution in [-0.4, -0.2) is 38.4 Å². The van der Waals surface area contributed by atoms with Gasteiger partial charge >= 0.3 is 0 Å². The van der Waals surface area contributed by atoms with Crippen molar-refractivity contribution in [1.29, 1.82) is 0 Å². The summed E-state index contributed by atoms with van der Waals surface area (Å²) in [6, 6.07) is 0.0920. The number of hydrogen-bond donors (Lipinski definition) is 3. The lowest BCUT2D eigenvalue weighted by Crippen LogP contribution is -2.38. The van der Waals surface area contributed by atoms with E-state index in [1.807, 2.05) is 0 Å². The minimum atomic E-state index is -3.97. The molecule has 1 rings (SSSR count). The van der Waals surface area contributed by atoms with Crippen LogP contribution in [0.15, 0.2) is 11.8 Å². The molecule has 0 aromatic carbocycles. The van der Waals surface area contributed by atoms with Crippen molar-refractivity contribution in [2.24, 2.45) is 0 Å². The van der Waals surface area contributed by atoms with E-state index in [1.165, 1.54) is 0 Å². The monoisotopic (exact) mass is 220 g/mol. The zero-order valence-corrected chi connectivity index (χ0v) is 9.13. The van der Waals surface area contributed by atoms with E-state index in [9.17, 15) is 8.42 Å². The maximum Gasteiger partial charge on any atom is 0.271 e. The molecule has 1 aliphatic rings. The van der Waals surface area contributed by atoms with Gasteiger partial charge in [0.15, 0.2) is 0 Å². The smallest absolute Gasteiger partial charge is 0.271 e. The van der Waals surface area contributed by atoms with Crippen LogP contribution < -0.4 is 10.6 Å². The second kappa shape index (κ2) is 4.29. The molecular formula is C8H16N2O3S. The summed E-state index contributed by atoms with van der Waals surface area (Å²) in [6.07, 6.45) is 2.75. The molecule has 0 amide bonds. The first-order valence-corrected chi connectivity index (χ1v) is 5.99. The van der Waals surface area contributed by atoms with Crippen molar-refractivity contribution in [3.63, 3.8) is 0 Å². The molecular weight excluding hydrogens is 204 g/mol. The molecule has 0 saturated carbocycles. The van der Waals surface area contributed by atoms with Crippen LogP contribution in [0.1, 0.15) is 12.8 Å². The minimum Gasteiger partial charge on any atom is -0.392 e. The third kappa shape index (κ3) is 2.70. The Hall–Kier alpha value is -0.590. The van der Waals surface area contributed by atoms with Gasteiger partial charge in [0, 0.05) is 25.2 Å². The van der Waals surface area contributed by atoms with Gasteiger partial charge in [0.25, 0.3) is 10.1 Å². The van der Waals surface area contributed by atoms with Gasteiger partial charge in [-0.15, -0.1) is 0 Å². The highest BCUT2D eigenvalue weighted by molar-refractivity contribution is 7.86. The Morgan fingerprint density at radius 1 is 1.50 bits per heavy atom. The summed E-state index contributed by atoms with van der Waals surface area (Å²) in [6.45, 7) is 0. The second-order valence-electron chi connectivity index (χ2n) is 3.42. The van der Waals surface area contributed by atoms with Gasteiger partial charge in [0.05, 0.1) is 0 Å². The molecule has 0 saturated heterocycles. The maximum absolute atomic E-state index is 11.0. The van der Waals surface area contributed by atoms with Crippen LogP contribution in [-0.2, 0) is 10.1 Å². The molecule has 1 aliphatic carbocycles. The van der Waals surface area contributed by atoms with Gasteiger partial charge in [-0.3, -0.25) is 4.55 Å². The molecule has 6 heteroatoms. The highest BCUT2D eigenvalue weighted by Crippen LogP contribution is 2.21. The van der Waals surface area contributed by atoms with Gasteiger partial charge < -0.3 is 10.6 Å². The van der Waals surface area contributed by atoms with Gasteiger partial charge in [-0.05, 0) is 19.5 Å². The maximum atomic E-state index is 11.0. The summed E-state index contributed by atoms with van der Waals surface area (Å²) in [5.74, 6) is 0. The first-order valence-electron chi connectivity index (χ1n) is 4.49.